The van der Waals surface area contributed by atoms with E-state index in [-0.39, 0.29) is 12.3 Å². The average molecular weight is 355 g/mol. The van der Waals surface area contributed by atoms with Gasteiger partial charge in [-0.1, -0.05) is 23.7 Å². The van der Waals surface area contributed by atoms with Crippen molar-refractivity contribution in [2.24, 2.45) is 0 Å². The summed E-state index contributed by atoms with van der Waals surface area (Å²) in [5.74, 6) is 0.606. The Morgan fingerprint density at radius 2 is 1.85 bits per heavy atom. The van der Waals surface area contributed by atoms with Crippen molar-refractivity contribution in [3.63, 3.8) is 0 Å². The smallest absolute Gasteiger partial charge is 0.227 e. The van der Waals surface area contributed by atoms with Gasteiger partial charge in [-0.05, 0) is 52.3 Å². The largest absolute Gasteiger partial charge is 0.493 e. The maximum absolute atomic E-state index is 11.8. The molecular weight excluding hydrogens is 342 g/mol. The highest BCUT2D eigenvalue weighted by atomic mass is 79.9. The first-order valence-electron chi connectivity index (χ1n) is 6.08. The maximum atomic E-state index is 11.8. The summed E-state index contributed by atoms with van der Waals surface area (Å²) in [4.78, 5) is 11.8. The number of anilines is 1. The van der Waals surface area contributed by atoms with Gasteiger partial charge in [0.05, 0.1) is 18.7 Å². The van der Waals surface area contributed by atoms with Crippen LogP contribution in [0.15, 0.2) is 53.0 Å². The zero-order valence-corrected chi connectivity index (χ0v) is 12.9. The van der Waals surface area contributed by atoms with E-state index in [1.54, 1.807) is 24.3 Å². The lowest BCUT2D eigenvalue weighted by atomic mass is 10.3. The monoisotopic (exact) mass is 353 g/mol. The van der Waals surface area contributed by atoms with Crippen molar-refractivity contribution < 1.29 is 9.53 Å². The third-order valence-corrected chi connectivity index (χ3v) is 3.50. The molecule has 5 heteroatoms. The standard InChI is InChI=1S/C15H13BrClNO2/c16-13-3-1-2-4-14(13)18-15(19)9-10-20-12-7-5-11(17)6-8-12/h1-8H,9-10H2,(H,18,19). The summed E-state index contributed by atoms with van der Waals surface area (Å²) in [6.45, 7) is 0.317. The lowest BCUT2D eigenvalue weighted by Crippen LogP contribution is -2.15. The number of amides is 1. The number of ether oxygens (including phenoxy) is 1. The summed E-state index contributed by atoms with van der Waals surface area (Å²) in [5, 5.41) is 3.48. The Morgan fingerprint density at radius 1 is 1.15 bits per heavy atom. The molecular formula is C15H13BrClNO2. The van der Waals surface area contributed by atoms with Crippen LogP contribution in [0.25, 0.3) is 0 Å². The van der Waals surface area contributed by atoms with Crippen LogP contribution in [-0.4, -0.2) is 12.5 Å². The molecule has 1 amide bonds. The number of para-hydroxylation sites is 1. The second kappa shape index (κ2) is 7.31. The Morgan fingerprint density at radius 3 is 2.55 bits per heavy atom. The molecule has 2 rings (SSSR count). The lowest BCUT2D eigenvalue weighted by molar-refractivity contribution is -0.116. The first-order chi connectivity index (χ1) is 9.65. The summed E-state index contributed by atoms with van der Waals surface area (Å²) >= 11 is 9.16. The third kappa shape index (κ3) is 4.54. The van der Waals surface area contributed by atoms with Gasteiger partial charge >= 0.3 is 0 Å². The van der Waals surface area contributed by atoms with Crippen molar-refractivity contribution in [2.45, 2.75) is 6.42 Å². The van der Waals surface area contributed by atoms with Crippen molar-refractivity contribution in [1.29, 1.82) is 0 Å². The van der Waals surface area contributed by atoms with Crippen LogP contribution in [0.5, 0.6) is 5.75 Å². The van der Waals surface area contributed by atoms with Crippen LogP contribution in [0.3, 0.4) is 0 Å². The molecule has 0 saturated heterocycles. The second-order valence-corrected chi connectivity index (χ2v) is 5.37. The van der Waals surface area contributed by atoms with E-state index in [2.05, 4.69) is 21.2 Å². The van der Waals surface area contributed by atoms with Gasteiger partial charge in [0.2, 0.25) is 5.91 Å². The third-order valence-electron chi connectivity index (χ3n) is 2.56. The van der Waals surface area contributed by atoms with Gasteiger partial charge in [0.1, 0.15) is 5.75 Å². The summed E-state index contributed by atoms with van der Waals surface area (Å²) in [6, 6.07) is 14.5. The van der Waals surface area contributed by atoms with Crippen LogP contribution < -0.4 is 10.1 Å². The molecule has 0 saturated carbocycles. The zero-order chi connectivity index (χ0) is 14.4. The Kier molecular flexibility index (Phi) is 5.44. The van der Waals surface area contributed by atoms with Crippen LogP contribution in [0.1, 0.15) is 6.42 Å². The summed E-state index contributed by atoms with van der Waals surface area (Å²) < 4.78 is 6.32. The molecule has 0 aliphatic rings. The molecule has 0 aromatic heterocycles. The SMILES string of the molecule is O=C(CCOc1ccc(Cl)cc1)Nc1ccccc1Br. The number of carbonyl (C=O) groups is 1. The van der Waals surface area contributed by atoms with Crippen LogP contribution in [0, 0.1) is 0 Å². The molecule has 0 aliphatic heterocycles. The minimum Gasteiger partial charge on any atom is -0.493 e. The highest BCUT2D eigenvalue weighted by Gasteiger charge is 2.05. The average Bonchev–Trinajstić information content (AvgIpc) is 2.44. The molecule has 0 fully saturated rings. The predicted octanol–water partition coefficient (Wildman–Crippen LogP) is 4.51. The normalized spacial score (nSPS) is 10.1. The molecule has 0 unspecified atom stereocenters. The van der Waals surface area contributed by atoms with Crippen LogP contribution >= 0.6 is 27.5 Å². The molecule has 0 heterocycles. The van der Waals surface area contributed by atoms with Crippen molar-refractivity contribution >= 4 is 39.1 Å². The number of hydrogen-bond donors (Lipinski definition) is 1. The minimum atomic E-state index is -0.0918. The molecule has 2 aromatic rings. The molecule has 0 bridgehead atoms. The molecule has 0 radical (unpaired) electrons. The van der Waals surface area contributed by atoms with Crippen molar-refractivity contribution in [1.82, 2.24) is 0 Å². The van der Waals surface area contributed by atoms with Gasteiger partial charge in [-0.3, -0.25) is 4.79 Å². The first-order valence-corrected chi connectivity index (χ1v) is 7.25. The number of carbonyl (C=O) groups excluding carboxylic acids is 1. The summed E-state index contributed by atoms with van der Waals surface area (Å²) in [5.41, 5.74) is 0.754. The topological polar surface area (TPSA) is 38.3 Å². The predicted molar refractivity (Wildman–Crippen MR) is 84.3 cm³/mol. The molecule has 20 heavy (non-hydrogen) atoms. The molecule has 0 aliphatic carbocycles. The maximum Gasteiger partial charge on any atom is 0.227 e. The van der Waals surface area contributed by atoms with Crippen LogP contribution in [0.4, 0.5) is 5.69 Å². The fraction of sp³-hybridized carbons (Fsp3) is 0.133. The van der Waals surface area contributed by atoms with Gasteiger partial charge < -0.3 is 10.1 Å². The fourth-order valence-corrected chi connectivity index (χ4v) is 2.08. The number of hydrogen-bond acceptors (Lipinski definition) is 2. The number of rotatable bonds is 5. The van der Waals surface area contributed by atoms with E-state index in [1.807, 2.05) is 24.3 Å². The molecule has 2 aromatic carbocycles. The molecule has 1 N–H and O–H groups in total. The highest BCUT2D eigenvalue weighted by molar-refractivity contribution is 9.10. The fourth-order valence-electron chi connectivity index (χ4n) is 1.57. The lowest BCUT2D eigenvalue weighted by Gasteiger charge is -2.08. The van der Waals surface area contributed by atoms with E-state index in [1.165, 1.54) is 0 Å². The quantitative estimate of drug-likeness (QED) is 0.858. The van der Waals surface area contributed by atoms with Crippen molar-refractivity contribution in [3.05, 3.63) is 58.0 Å². The molecule has 104 valence electrons. The number of halogens is 2. The van der Waals surface area contributed by atoms with E-state index < -0.39 is 0 Å². The van der Waals surface area contributed by atoms with Crippen molar-refractivity contribution in [3.8, 4) is 5.75 Å². The van der Waals surface area contributed by atoms with Gasteiger partial charge in [0.25, 0.3) is 0 Å². The van der Waals surface area contributed by atoms with E-state index in [0.29, 0.717) is 17.4 Å². The molecule has 0 atom stereocenters. The molecule has 0 spiro atoms. The van der Waals surface area contributed by atoms with E-state index in [0.717, 1.165) is 10.2 Å². The van der Waals surface area contributed by atoms with Gasteiger partial charge in [0, 0.05) is 9.50 Å². The Labute approximate surface area is 131 Å². The Balaban J connectivity index is 1.78. The van der Waals surface area contributed by atoms with Crippen LogP contribution in [0.2, 0.25) is 5.02 Å². The number of benzene rings is 2. The first kappa shape index (κ1) is 14.9. The van der Waals surface area contributed by atoms with Gasteiger partial charge in [0.15, 0.2) is 0 Å². The zero-order valence-electron chi connectivity index (χ0n) is 10.6. The van der Waals surface area contributed by atoms with Gasteiger partial charge in [-0.15, -0.1) is 0 Å². The van der Waals surface area contributed by atoms with E-state index in [4.69, 9.17) is 16.3 Å². The highest BCUT2D eigenvalue weighted by Crippen LogP contribution is 2.21. The van der Waals surface area contributed by atoms with Crippen LogP contribution in [-0.2, 0) is 4.79 Å². The minimum absolute atomic E-state index is 0.0918. The van der Waals surface area contributed by atoms with Gasteiger partial charge in [-0.25, -0.2) is 0 Å². The van der Waals surface area contributed by atoms with Crippen molar-refractivity contribution in [2.75, 3.05) is 11.9 Å². The summed E-state index contributed by atoms with van der Waals surface area (Å²) in [7, 11) is 0. The summed E-state index contributed by atoms with van der Waals surface area (Å²) in [6.07, 6.45) is 0.282. The van der Waals surface area contributed by atoms with E-state index >= 15 is 0 Å². The Bertz CT molecular complexity index is 587. The van der Waals surface area contributed by atoms with Gasteiger partial charge in [-0.2, -0.15) is 0 Å². The van der Waals surface area contributed by atoms with E-state index in [9.17, 15) is 4.79 Å². The second-order valence-electron chi connectivity index (χ2n) is 4.08. The Hall–Kier alpha value is -1.52. The molecule has 3 nitrogen and oxygen atoms in total. The number of nitrogens with one attached hydrogen (secondary N) is 1.